The number of nitrogens with zero attached hydrogens (tertiary/aromatic N) is 4. The summed E-state index contributed by atoms with van der Waals surface area (Å²) in [6.07, 6.45) is -3.32. The van der Waals surface area contributed by atoms with E-state index in [9.17, 15) is 22.8 Å². The standard InChI is InChI=1S/C22H16F3N5O3S/c23-22(24,25)33-16-8-6-13(7-9-16)27-18(31)10-15-12-34-21-28-19-17(20(32)29(15)21)11-26-30(19)14-4-2-1-3-5-14/h1-9,11,15H,10,12H2,(H,27,31). The minimum absolute atomic E-state index is 0.000713. The van der Waals surface area contributed by atoms with Crippen LogP contribution in [0.25, 0.3) is 16.7 Å². The predicted octanol–water partition coefficient (Wildman–Crippen LogP) is 4.16. The molecule has 0 saturated carbocycles. The number of ether oxygens (including phenoxy) is 1. The van der Waals surface area contributed by atoms with E-state index in [0.717, 1.165) is 17.8 Å². The topological polar surface area (TPSA) is 91.0 Å². The van der Waals surface area contributed by atoms with E-state index in [-0.39, 0.29) is 23.6 Å². The highest BCUT2D eigenvalue weighted by Gasteiger charge is 2.31. The second-order valence-electron chi connectivity index (χ2n) is 7.49. The molecule has 8 nitrogen and oxygen atoms in total. The van der Waals surface area contributed by atoms with Crippen molar-refractivity contribution >= 4 is 34.4 Å². The SMILES string of the molecule is O=C(CC1CSc2nc3c(cnn3-c3ccccc3)c(=O)n21)Nc1ccc(OC(F)(F)F)cc1. The van der Waals surface area contributed by atoms with Gasteiger partial charge in [-0.3, -0.25) is 14.2 Å². The Morgan fingerprint density at radius 3 is 2.59 bits per heavy atom. The van der Waals surface area contributed by atoms with Crippen LogP contribution < -0.4 is 15.6 Å². The number of alkyl halides is 3. The molecule has 2 aromatic carbocycles. The average molecular weight is 487 g/mol. The molecule has 2 aromatic heterocycles. The summed E-state index contributed by atoms with van der Waals surface area (Å²) < 4.78 is 43.8. The number of hydrogen-bond donors (Lipinski definition) is 1. The number of rotatable bonds is 5. The van der Waals surface area contributed by atoms with E-state index < -0.39 is 12.4 Å². The lowest BCUT2D eigenvalue weighted by Gasteiger charge is -2.14. The molecular weight excluding hydrogens is 471 g/mol. The minimum atomic E-state index is -4.79. The fourth-order valence-corrected chi connectivity index (χ4v) is 4.84. The molecule has 3 heterocycles. The van der Waals surface area contributed by atoms with Gasteiger partial charge in [-0.25, -0.2) is 9.67 Å². The molecule has 0 spiro atoms. The van der Waals surface area contributed by atoms with E-state index in [1.165, 1.54) is 34.7 Å². The fourth-order valence-electron chi connectivity index (χ4n) is 3.70. The van der Waals surface area contributed by atoms with Crippen molar-refractivity contribution in [1.82, 2.24) is 19.3 Å². The normalized spacial score (nSPS) is 15.3. The van der Waals surface area contributed by atoms with Gasteiger partial charge >= 0.3 is 6.36 Å². The zero-order valence-corrected chi connectivity index (χ0v) is 18.1. The van der Waals surface area contributed by atoms with Gasteiger partial charge in [0.2, 0.25) is 5.91 Å². The molecule has 0 aliphatic carbocycles. The zero-order chi connectivity index (χ0) is 23.9. The second kappa shape index (κ2) is 8.52. The molecule has 0 saturated heterocycles. The Labute approximate surface area is 194 Å². The Balaban J connectivity index is 1.34. The number of amides is 1. The highest BCUT2D eigenvalue weighted by molar-refractivity contribution is 7.99. The summed E-state index contributed by atoms with van der Waals surface area (Å²) in [5.74, 6) is -0.279. The van der Waals surface area contributed by atoms with Gasteiger partial charge < -0.3 is 10.1 Å². The maximum atomic E-state index is 13.2. The minimum Gasteiger partial charge on any atom is -0.406 e. The number of fused-ring (bicyclic) bond motifs is 2. The Kier molecular flexibility index (Phi) is 5.52. The average Bonchev–Trinajstić information content (AvgIpc) is 3.40. The van der Waals surface area contributed by atoms with Crippen molar-refractivity contribution in [2.24, 2.45) is 0 Å². The largest absolute Gasteiger partial charge is 0.573 e. The third-order valence-corrected chi connectivity index (χ3v) is 6.26. The van der Waals surface area contributed by atoms with Crippen LogP contribution in [0.1, 0.15) is 12.5 Å². The first kappa shape index (κ1) is 22.0. The second-order valence-corrected chi connectivity index (χ2v) is 8.48. The van der Waals surface area contributed by atoms with E-state index in [1.807, 2.05) is 30.3 Å². The van der Waals surface area contributed by atoms with Gasteiger partial charge in [-0.15, -0.1) is 13.2 Å². The molecule has 1 aliphatic rings. The maximum absolute atomic E-state index is 13.2. The van der Waals surface area contributed by atoms with Gasteiger partial charge in [0.1, 0.15) is 11.1 Å². The monoisotopic (exact) mass is 487 g/mol. The Morgan fingerprint density at radius 2 is 1.88 bits per heavy atom. The van der Waals surface area contributed by atoms with Crippen molar-refractivity contribution in [2.45, 2.75) is 24.0 Å². The molecule has 1 atom stereocenters. The van der Waals surface area contributed by atoms with Gasteiger partial charge in [-0.05, 0) is 36.4 Å². The van der Waals surface area contributed by atoms with E-state index in [0.29, 0.717) is 27.6 Å². The van der Waals surface area contributed by atoms with Crippen molar-refractivity contribution in [3.05, 3.63) is 71.1 Å². The number of nitrogens with one attached hydrogen (secondary N) is 1. The number of hydrogen-bond acceptors (Lipinski definition) is 6. The Bertz CT molecular complexity index is 1420. The van der Waals surface area contributed by atoms with E-state index >= 15 is 0 Å². The Hall–Kier alpha value is -3.80. The molecule has 4 aromatic rings. The van der Waals surface area contributed by atoms with Crippen molar-refractivity contribution in [3.63, 3.8) is 0 Å². The van der Waals surface area contributed by atoms with E-state index in [1.54, 1.807) is 4.68 Å². The molecule has 1 amide bonds. The summed E-state index contributed by atoms with van der Waals surface area (Å²) >= 11 is 1.38. The van der Waals surface area contributed by atoms with Crippen LogP contribution in [0.2, 0.25) is 0 Å². The van der Waals surface area contributed by atoms with Crippen molar-refractivity contribution < 1.29 is 22.7 Å². The number of carbonyl (C=O) groups excluding carboxylic acids is 1. The van der Waals surface area contributed by atoms with Gasteiger partial charge in [0.15, 0.2) is 10.8 Å². The fraction of sp³-hybridized carbons (Fsp3) is 0.182. The van der Waals surface area contributed by atoms with Crippen LogP contribution in [0.15, 0.2) is 70.7 Å². The number of carbonyl (C=O) groups is 1. The number of benzene rings is 2. The lowest BCUT2D eigenvalue weighted by Crippen LogP contribution is -2.27. The van der Waals surface area contributed by atoms with Crippen LogP contribution >= 0.6 is 11.8 Å². The third kappa shape index (κ3) is 4.36. The molecule has 174 valence electrons. The van der Waals surface area contributed by atoms with Crippen LogP contribution in [0, 0.1) is 0 Å². The molecular formula is C22H16F3N5O3S. The van der Waals surface area contributed by atoms with Crippen LogP contribution in [0.5, 0.6) is 5.75 Å². The summed E-state index contributed by atoms with van der Waals surface area (Å²) in [6, 6.07) is 13.8. The lowest BCUT2D eigenvalue weighted by molar-refractivity contribution is -0.274. The first-order chi connectivity index (χ1) is 16.3. The third-order valence-electron chi connectivity index (χ3n) is 5.16. The predicted molar refractivity (Wildman–Crippen MR) is 119 cm³/mol. The van der Waals surface area contributed by atoms with Crippen molar-refractivity contribution in [2.75, 3.05) is 11.1 Å². The molecule has 1 unspecified atom stereocenters. The molecule has 0 bridgehead atoms. The smallest absolute Gasteiger partial charge is 0.406 e. The van der Waals surface area contributed by atoms with Gasteiger partial charge in [-0.2, -0.15) is 5.10 Å². The number of anilines is 1. The summed E-state index contributed by atoms with van der Waals surface area (Å²) in [5.41, 5.74) is 1.26. The van der Waals surface area contributed by atoms with Gasteiger partial charge in [0.05, 0.1) is 17.9 Å². The summed E-state index contributed by atoms with van der Waals surface area (Å²) in [7, 11) is 0. The molecule has 1 N–H and O–H groups in total. The van der Waals surface area contributed by atoms with Crippen molar-refractivity contribution in [3.8, 4) is 11.4 Å². The molecule has 5 rings (SSSR count). The van der Waals surface area contributed by atoms with Gasteiger partial charge in [0.25, 0.3) is 5.56 Å². The summed E-state index contributed by atoms with van der Waals surface area (Å²) in [6.45, 7) is 0. The number of halogens is 3. The van der Waals surface area contributed by atoms with E-state index in [2.05, 4.69) is 20.1 Å². The summed E-state index contributed by atoms with van der Waals surface area (Å²) in [4.78, 5) is 30.4. The van der Waals surface area contributed by atoms with Gasteiger partial charge in [0, 0.05) is 17.9 Å². The quantitative estimate of drug-likeness (QED) is 0.425. The van der Waals surface area contributed by atoms with Crippen LogP contribution in [-0.4, -0.2) is 37.4 Å². The van der Waals surface area contributed by atoms with E-state index in [4.69, 9.17) is 0 Å². The molecule has 34 heavy (non-hydrogen) atoms. The molecule has 0 radical (unpaired) electrons. The number of aromatic nitrogens is 4. The lowest BCUT2D eigenvalue weighted by atomic mass is 10.2. The highest BCUT2D eigenvalue weighted by atomic mass is 32.2. The van der Waals surface area contributed by atoms with Gasteiger partial charge in [-0.1, -0.05) is 30.0 Å². The first-order valence-corrected chi connectivity index (χ1v) is 11.1. The molecule has 12 heteroatoms. The number of thioether (sulfide) groups is 1. The number of para-hydroxylation sites is 1. The highest BCUT2D eigenvalue weighted by Crippen LogP contribution is 2.33. The molecule has 1 aliphatic heterocycles. The van der Waals surface area contributed by atoms with Crippen LogP contribution in [0.4, 0.5) is 18.9 Å². The first-order valence-electron chi connectivity index (χ1n) is 10.1. The maximum Gasteiger partial charge on any atom is 0.573 e. The van der Waals surface area contributed by atoms with Crippen LogP contribution in [-0.2, 0) is 4.79 Å². The Morgan fingerprint density at radius 1 is 1.15 bits per heavy atom. The van der Waals surface area contributed by atoms with Crippen LogP contribution in [0.3, 0.4) is 0 Å². The summed E-state index contributed by atoms with van der Waals surface area (Å²) in [5, 5.41) is 7.79. The molecule has 0 fully saturated rings. The van der Waals surface area contributed by atoms with Crippen molar-refractivity contribution in [1.29, 1.82) is 0 Å². The zero-order valence-electron chi connectivity index (χ0n) is 17.3.